The largest absolute Gasteiger partial charge is 0.394 e. The van der Waals surface area contributed by atoms with E-state index in [9.17, 15) is 8.42 Å². The quantitative estimate of drug-likeness (QED) is 0.224. The number of unbranched alkanes of at least 4 members (excludes halogenated alkanes) is 13. The number of H-pyrrole nitrogens is 1. The van der Waals surface area contributed by atoms with Crippen LogP contribution >= 0.6 is 0 Å². The summed E-state index contributed by atoms with van der Waals surface area (Å²) < 4.78 is 54.3. The van der Waals surface area contributed by atoms with Crippen molar-refractivity contribution in [3.05, 3.63) is 11.9 Å². The van der Waals surface area contributed by atoms with Crippen molar-refractivity contribution in [1.29, 1.82) is 0 Å². The van der Waals surface area contributed by atoms with Crippen molar-refractivity contribution < 1.29 is 25.9 Å². The zero-order valence-electron chi connectivity index (χ0n) is 18.5. The van der Waals surface area contributed by atoms with Crippen molar-refractivity contribution in [3.8, 4) is 0 Å². The van der Waals surface area contributed by atoms with Crippen LogP contribution in [0.2, 0.25) is 0 Å². The van der Waals surface area contributed by atoms with Gasteiger partial charge in [0.15, 0.2) is 0 Å². The first-order valence-corrected chi connectivity index (χ1v) is 14.3. The van der Waals surface area contributed by atoms with Gasteiger partial charge in [0, 0.05) is 18.1 Å². The number of nitrogens with zero attached hydrogens (tertiary/aromatic N) is 1. The number of rotatable bonds is 16. The molecule has 1 heterocycles. The van der Waals surface area contributed by atoms with E-state index in [1.54, 1.807) is 6.20 Å². The first kappa shape index (κ1) is 29.0. The molecule has 3 N–H and O–H groups in total. The number of aromatic nitrogens is 2. The molecule has 8 nitrogen and oxygen atoms in total. The van der Waals surface area contributed by atoms with Gasteiger partial charge in [-0.05, 0) is 12.8 Å². The predicted molar refractivity (Wildman–Crippen MR) is 120 cm³/mol. The summed E-state index contributed by atoms with van der Waals surface area (Å²) in [7, 11) is -7.87. The lowest BCUT2D eigenvalue weighted by atomic mass is 10.0. The minimum Gasteiger partial charge on any atom is -0.333 e. The summed E-state index contributed by atoms with van der Waals surface area (Å²) >= 11 is 0. The maximum absolute atomic E-state index is 11.4. The molecule has 0 saturated heterocycles. The van der Waals surface area contributed by atoms with Crippen LogP contribution in [0.15, 0.2) is 11.4 Å². The molecule has 30 heavy (non-hydrogen) atoms. The fourth-order valence-corrected chi connectivity index (χ4v) is 3.72. The Kier molecular flexibility index (Phi) is 16.1. The summed E-state index contributed by atoms with van der Waals surface area (Å²) in [5.41, 5.74) is 0.930. The third-order valence-corrected chi connectivity index (χ3v) is 5.67. The highest BCUT2D eigenvalue weighted by Crippen LogP contribution is 2.14. The van der Waals surface area contributed by atoms with Crippen LogP contribution < -0.4 is 0 Å². The van der Waals surface area contributed by atoms with Gasteiger partial charge in [0.1, 0.15) is 0 Å². The van der Waals surface area contributed by atoms with Crippen molar-refractivity contribution in [3.63, 3.8) is 0 Å². The van der Waals surface area contributed by atoms with Gasteiger partial charge in [-0.1, -0.05) is 90.4 Å². The van der Waals surface area contributed by atoms with Gasteiger partial charge >= 0.3 is 10.4 Å². The van der Waals surface area contributed by atoms with Gasteiger partial charge in [-0.2, -0.15) is 8.42 Å². The topological polar surface area (TPSA) is 137 Å². The molecule has 0 saturated carbocycles. The molecule has 1 rings (SSSR count). The maximum Gasteiger partial charge on any atom is 0.394 e. The highest BCUT2D eigenvalue weighted by atomic mass is 32.3. The predicted octanol–water partition coefficient (Wildman–Crippen LogP) is 5.18. The number of sulfone groups is 1. The second-order valence-corrected chi connectivity index (χ2v) is 10.6. The molecule has 0 amide bonds. The van der Waals surface area contributed by atoms with Crippen molar-refractivity contribution in [1.82, 2.24) is 9.97 Å². The van der Waals surface area contributed by atoms with Gasteiger partial charge in [-0.15, -0.1) is 0 Å². The Hall–Kier alpha value is -0.970. The van der Waals surface area contributed by atoms with Gasteiger partial charge < -0.3 is 4.98 Å². The third kappa shape index (κ3) is 20.3. The first-order chi connectivity index (χ1) is 14.0. The van der Waals surface area contributed by atoms with Crippen LogP contribution in [0.5, 0.6) is 0 Å². The molecule has 1 aromatic rings. The molecule has 0 radical (unpaired) electrons. The van der Waals surface area contributed by atoms with Crippen molar-refractivity contribution in [2.24, 2.45) is 0 Å². The molecule has 0 aromatic carbocycles. The van der Waals surface area contributed by atoms with E-state index in [2.05, 4.69) is 16.9 Å². The molecule has 0 aliphatic rings. The van der Waals surface area contributed by atoms with Crippen LogP contribution in [0.3, 0.4) is 0 Å². The summed E-state index contributed by atoms with van der Waals surface area (Å²) in [6.07, 6.45) is 22.6. The van der Waals surface area contributed by atoms with Crippen molar-refractivity contribution >= 4 is 20.2 Å². The van der Waals surface area contributed by atoms with E-state index >= 15 is 0 Å². The first-order valence-electron chi connectivity index (χ1n) is 11.0. The molecule has 0 bridgehead atoms. The van der Waals surface area contributed by atoms with E-state index in [0.717, 1.165) is 18.5 Å². The molecular formula is C20H40N2O6S2. The van der Waals surface area contributed by atoms with Crippen LogP contribution in [0.25, 0.3) is 0 Å². The molecule has 0 spiro atoms. The summed E-state index contributed by atoms with van der Waals surface area (Å²) in [5.74, 6) is 0. The lowest BCUT2D eigenvalue weighted by Gasteiger charge is -2.03. The molecule has 0 unspecified atom stereocenters. The molecule has 10 heteroatoms. The second-order valence-electron chi connectivity index (χ2n) is 7.78. The fraction of sp³-hybridized carbons (Fsp3) is 0.850. The zero-order chi connectivity index (χ0) is 22.9. The van der Waals surface area contributed by atoms with Crippen LogP contribution in [0.1, 0.15) is 103 Å². The number of hydrogen-bond donors (Lipinski definition) is 3. The Morgan fingerprint density at radius 3 is 1.47 bits per heavy atom. The maximum atomic E-state index is 11.4. The SMILES string of the molecule is CCCCCCCCCCCCCCCCc1cnc(S(C)(=O)=O)[nH]1.O=S(=O)(O)O. The lowest BCUT2D eigenvalue weighted by Crippen LogP contribution is -1.99. The van der Waals surface area contributed by atoms with Crippen LogP contribution in [0.4, 0.5) is 0 Å². The minimum absolute atomic E-state index is 0.0906. The Morgan fingerprint density at radius 1 is 0.767 bits per heavy atom. The summed E-state index contributed by atoms with van der Waals surface area (Å²) in [4.78, 5) is 6.83. The van der Waals surface area contributed by atoms with Crippen LogP contribution in [0, 0.1) is 0 Å². The molecule has 178 valence electrons. The van der Waals surface area contributed by atoms with Crippen LogP contribution in [-0.2, 0) is 26.7 Å². The van der Waals surface area contributed by atoms with E-state index in [1.807, 2.05) is 0 Å². The Balaban J connectivity index is 0.00000150. The van der Waals surface area contributed by atoms with E-state index in [1.165, 1.54) is 89.7 Å². The molecular weight excluding hydrogens is 428 g/mol. The standard InChI is InChI=1S/C20H38N2O2S.H2O4S/c1-3-4-5-6-7-8-9-10-11-12-13-14-15-16-17-19-18-21-20(22-19)25(2,23)24;1-5(2,3)4/h18H,3-17H2,1-2H3,(H,21,22);(H2,1,2,3,4). The van der Waals surface area contributed by atoms with Gasteiger partial charge in [0.2, 0.25) is 15.0 Å². The Bertz CT molecular complexity index is 737. The molecule has 0 atom stereocenters. The van der Waals surface area contributed by atoms with Crippen molar-refractivity contribution in [2.75, 3.05) is 6.26 Å². The number of nitrogens with one attached hydrogen (secondary N) is 1. The molecule has 0 aliphatic carbocycles. The Morgan fingerprint density at radius 2 is 1.13 bits per heavy atom. The average molecular weight is 469 g/mol. The van der Waals surface area contributed by atoms with E-state index in [0.29, 0.717) is 0 Å². The van der Waals surface area contributed by atoms with E-state index in [4.69, 9.17) is 17.5 Å². The Labute approximate surface area is 182 Å². The number of aromatic amines is 1. The molecule has 1 aromatic heterocycles. The van der Waals surface area contributed by atoms with Gasteiger partial charge in [-0.3, -0.25) is 9.11 Å². The summed E-state index contributed by atoms with van der Waals surface area (Å²) in [6, 6.07) is 0. The fourth-order valence-electron chi connectivity index (χ4n) is 3.16. The van der Waals surface area contributed by atoms with Crippen molar-refractivity contribution in [2.45, 2.75) is 108 Å². The zero-order valence-corrected chi connectivity index (χ0v) is 20.1. The number of aryl methyl sites for hydroxylation is 1. The average Bonchev–Trinajstić information content (AvgIpc) is 3.10. The molecule has 0 aliphatic heterocycles. The second kappa shape index (κ2) is 16.7. The number of hydrogen-bond acceptors (Lipinski definition) is 5. The third-order valence-electron chi connectivity index (χ3n) is 4.76. The van der Waals surface area contributed by atoms with E-state index in [-0.39, 0.29) is 5.16 Å². The van der Waals surface area contributed by atoms with Crippen LogP contribution in [-0.4, -0.2) is 42.2 Å². The smallest absolute Gasteiger partial charge is 0.333 e. The van der Waals surface area contributed by atoms with Gasteiger partial charge in [0.25, 0.3) is 0 Å². The minimum atomic E-state index is -4.67. The monoisotopic (exact) mass is 468 g/mol. The summed E-state index contributed by atoms with van der Waals surface area (Å²) in [6.45, 7) is 2.27. The van der Waals surface area contributed by atoms with E-state index < -0.39 is 20.2 Å². The highest BCUT2D eigenvalue weighted by molar-refractivity contribution is 7.90. The lowest BCUT2D eigenvalue weighted by molar-refractivity contribution is 0.381. The number of imidazole rings is 1. The summed E-state index contributed by atoms with van der Waals surface area (Å²) in [5, 5.41) is 0.0906. The highest BCUT2D eigenvalue weighted by Gasteiger charge is 2.11. The molecule has 0 fully saturated rings. The van der Waals surface area contributed by atoms with Gasteiger partial charge in [0.05, 0.1) is 0 Å². The van der Waals surface area contributed by atoms with Gasteiger partial charge in [-0.25, -0.2) is 13.4 Å². The normalized spacial score (nSPS) is 11.9.